The smallest absolute Gasteiger partial charge is 0.0545 e. The SMILES string of the molecule is CC(C)CCC1(CCN(C)CC(C)C)COC1. The zero-order chi connectivity index (χ0) is 12.9. The molecule has 1 heterocycles. The van der Waals surface area contributed by atoms with Crippen LogP contribution in [0.25, 0.3) is 0 Å². The van der Waals surface area contributed by atoms with E-state index in [0.29, 0.717) is 5.41 Å². The van der Waals surface area contributed by atoms with Crippen LogP contribution in [-0.4, -0.2) is 38.3 Å². The monoisotopic (exact) mass is 241 g/mol. The van der Waals surface area contributed by atoms with Gasteiger partial charge in [-0.25, -0.2) is 0 Å². The highest BCUT2D eigenvalue weighted by atomic mass is 16.5. The van der Waals surface area contributed by atoms with Gasteiger partial charge in [0, 0.05) is 12.0 Å². The Morgan fingerprint density at radius 2 is 1.71 bits per heavy atom. The molecule has 102 valence electrons. The third-order valence-corrected chi connectivity index (χ3v) is 3.77. The average molecular weight is 241 g/mol. The third kappa shape index (κ3) is 5.39. The second kappa shape index (κ2) is 6.75. The maximum atomic E-state index is 5.47. The molecule has 0 aromatic rings. The highest BCUT2D eigenvalue weighted by molar-refractivity contribution is 4.86. The van der Waals surface area contributed by atoms with E-state index in [9.17, 15) is 0 Å². The molecule has 0 radical (unpaired) electrons. The third-order valence-electron chi connectivity index (χ3n) is 3.77. The molecule has 17 heavy (non-hydrogen) atoms. The van der Waals surface area contributed by atoms with Crippen molar-refractivity contribution in [2.45, 2.75) is 47.0 Å². The minimum Gasteiger partial charge on any atom is -0.380 e. The van der Waals surface area contributed by atoms with Crippen molar-refractivity contribution in [3.05, 3.63) is 0 Å². The molecule has 0 amide bonds. The summed E-state index contributed by atoms with van der Waals surface area (Å²) in [5, 5.41) is 0. The van der Waals surface area contributed by atoms with E-state index in [4.69, 9.17) is 4.74 Å². The van der Waals surface area contributed by atoms with E-state index >= 15 is 0 Å². The topological polar surface area (TPSA) is 12.5 Å². The predicted molar refractivity (Wildman–Crippen MR) is 74.3 cm³/mol. The molecule has 2 nitrogen and oxygen atoms in total. The first-order chi connectivity index (χ1) is 7.93. The van der Waals surface area contributed by atoms with Gasteiger partial charge in [-0.3, -0.25) is 0 Å². The zero-order valence-corrected chi connectivity index (χ0v) is 12.5. The molecule has 0 unspecified atom stereocenters. The summed E-state index contributed by atoms with van der Waals surface area (Å²) in [6, 6.07) is 0. The van der Waals surface area contributed by atoms with E-state index in [2.05, 4.69) is 39.6 Å². The van der Waals surface area contributed by atoms with Gasteiger partial charge in [-0.1, -0.05) is 34.1 Å². The van der Waals surface area contributed by atoms with Crippen LogP contribution in [0.2, 0.25) is 0 Å². The van der Waals surface area contributed by atoms with Crippen molar-refractivity contribution >= 4 is 0 Å². The molecule has 0 bridgehead atoms. The van der Waals surface area contributed by atoms with E-state index < -0.39 is 0 Å². The highest BCUT2D eigenvalue weighted by Crippen LogP contribution is 2.37. The molecule has 0 aromatic carbocycles. The van der Waals surface area contributed by atoms with Crippen LogP contribution in [0.5, 0.6) is 0 Å². The molecule has 1 saturated heterocycles. The number of nitrogens with zero attached hydrogens (tertiary/aromatic N) is 1. The van der Waals surface area contributed by atoms with Gasteiger partial charge in [-0.2, -0.15) is 0 Å². The molecule has 1 fully saturated rings. The summed E-state index contributed by atoms with van der Waals surface area (Å²) in [5.74, 6) is 1.59. The maximum absolute atomic E-state index is 5.47. The molecule has 1 aliphatic rings. The van der Waals surface area contributed by atoms with E-state index in [1.807, 2.05) is 0 Å². The molecule has 0 aromatic heterocycles. The summed E-state index contributed by atoms with van der Waals surface area (Å²) in [4.78, 5) is 2.47. The van der Waals surface area contributed by atoms with Crippen LogP contribution in [0.1, 0.15) is 47.0 Å². The first kappa shape index (κ1) is 15.0. The maximum Gasteiger partial charge on any atom is 0.0545 e. The van der Waals surface area contributed by atoms with Crippen LogP contribution in [0.15, 0.2) is 0 Å². The van der Waals surface area contributed by atoms with E-state index in [1.54, 1.807) is 0 Å². The lowest BCUT2D eigenvalue weighted by Crippen LogP contribution is -2.45. The van der Waals surface area contributed by atoms with Crippen LogP contribution in [-0.2, 0) is 4.74 Å². The average Bonchev–Trinajstić information content (AvgIpc) is 2.14. The minimum atomic E-state index is 0.509. The first-order valence-corrected chi connectivity index (χ1v) is 7.20. The quantitative estimate of drug-likeness (QED) is 0.645. The molecular weight excluding hydrogens is 210 g/mol. The van der Waals surface area contributed by atoms with Gasteiger partial charge in [-0.15, -0.1) is 0 Å². The summed E-state index contributed by atoms with van der Waals surface area (Å²) >= 11 is 0. The van der Waals surface area contributed by atoms with Gasteiger partial charge in [0.2, 0.25) is 0 Å². The van der Waals surface area contributed by atoms with Crippen LogP contribution < -0.4 is 0 Å². The second-order valence-electron chi connectivity index (χ2n) is 6.83. The lowest BCUT2D eigenvalue weighted by Gasteiger charge is -2.43. The minimum absolute atomic E-state index is 0.509. The summed E-state index contributed by atoms with van der Waals surface area (Å²) in [7, 11) is 2.25. The van der Waals surface area contributed by atoms with Gasteiger partial charge in [-0.05, 0) is 38.3 Å². The summed E-state index contributed by atoms with van der Waals surface area (Å²) in [6.07, 6.45) is 4.00. The fraction of sp³-hybridized carbons (Fsp3) is 1.00. The van der Waals surface area contributed by atoms with Crippen LogP contribution in [0.3, 0.4) is 0 Å². The Hall–Kier alpha value is -0.0800. The Balaban J connectivity index is 2.26. The molecule has 0 saturated carbocycles. The highest BCUT2D eigenvalue weighted by Gasteiger charge is 2.37. The van der Waals surface area contributed by atoms with Crippen molar-refractivity contribution in [1.82, 2.24) is 4.90 Å². The molecule has 0 spiro atoms. The normalized spacial score (nSPS) is 19.1. The fourth-order valence-corrected chi connectivity index (χ4v) is 2.54. The van der Waals surface area contributed by atoms with Gasteiger partial charge >= 0.3 is 0 Å². The zero-order valence-electron chi connectivity index (χ0n) is 12.5. The molecule has 0 aliphatic carbocycles. The molecule has 0 N–H and O–H groups in total. The Bertz CT molecular complexity index is 209. The Kier molecular flexibility index (Phi) is 5.94. The predicted octanol–water partition coefficient (Wildman–Crippen LogP) is 3.42. The molecular formula is C15H31NO. The van der Waals surface area contributed by atoms with Crippen molar-refractivity contribution < 1.29 is 4.74 Å². The lowest BCUT2D eigenvalue weighted by atomic mass is 9.77. The largest absolute Gasteiger partial charge is 0.380 e. The van der Waals surface area contributed by atoms with E-state index in [-0.39, 0.29) is 0 Å². The lowest BCUT2D eigenvalue weighted by molar-refractivity contribution is -0.126. The fourth-order valence-electron chi connectivity index (χ4n) is 2.54. The van der Waals surface area contributed by atoms with Crippen molar-refractivity contribution in [1.29, 1.82) is 0 Å². The van der Waals surface area contributed by atoms with E-state index in [0.717, 1.165) is 25.0 Å². The van der Waals surface area contributed by atoms with Crippen LogP contribution in [0.4, 0.5) is 0 Å². The summed E-state index contributed by atoms with van der Waals surface area (Å²) < 4.78 is 5.47. The van der Waals surface area contributed by atoms with Crippen molar-refractivity contribution in [3.63, 3.8) is 0 Å². The van der Waals surface area contributed by atoms with Gasteiger partial charge in [0.15, 0.2) is 0 Å². The Labute approximate surface area is 108 Å². The Morgan fingerprint density at radius 3 is 2.12 bits per heavy atom. The number of rotatable bonds is 8. The van der Waals surface area contributed by atoms with Gasteiger partial charge in [0.25, 0.3) is 0 Å². The molecule has 2 heteroatoms. The number of hydrogen-bond donors (Lipinski definition) is 0. The molecule has 0 atom stereocenters. The van der Waals surface area contributed by atoms with E-state index in [1.165, 1.54) is 32.4 Å². The number of hydrogen-bond acceptors (Lipinski definition) is 2. The Morgan fingerprint density at radius 1 is 1.06 bits per heavy atom. The van der Waals surface area contributed by atoms with Crippen molar-refractivity contribution in [2.75, 3.05) is 33.4 Å². The van der Waals surface area contributed by atoms with Crippen molar-refractivity contribution in [2.24, 2.45) is 17.3 Å². The number of ether oxygens (including phenoxy) is 1. The van der Waals surface area contributed by atoms with Gasteiger partial charge in [0.05, 0.1) is 13.2 Å². The molecule has 1 rings (SSSR count). The molecule has 1 aliphatic heterocycles. The van der Waals surface area contributed by atoms with Gasteiger partial charge < -0.3 is 9.64 Å². The summed E-state index contributed by atoms with van der Waals surface area (Å²) in [5.41, 5.74) is 0.509. The first-order valence-electron chi connectivity index (χ1n) is 7.20. The van der Waals surface area contributed by atoms with Crippen LogP contribution >= 0.6 is 0 Å². The van der Waals surface area contributed by atoms with Gasteiger partial charge in [0.1, 0.15) is 0 Å². The standard InChI is InChI=1S/C15H31NO/c1-13(2)6-7-15(11-17-12-15)8-9-16(5)10-14(3)4/h13-14H,6-12H2,1-5H3. The van der Waals surface area contributed by atoms with Crippen molar-refractivity contribution in [3.8, 4) is 0 Å². The second-order valence-corrected chi connectivity index (χ2v) is 6.83. The summed E-state index contributed by atoms with van der Waals surface area (Å²) in [6.45, 7) is 13.6. The van der Waals surface area contributed by atoms with Crippen LogP contribution in [0, 0.1) is 17.3 Å².